The summed E-state index contributed by atoms with van der Waals surface area (Å²) >= 11 is 0. The quantitative estimate of drug-likeness (QED) is 0.663. The molecule has 0 aromatic carbocycles. The van der Waals surface area contributed by atoms with Crippen molar-refractivity contribution in [2.24, 2.45) is 17.6 Å². The monoisotopic (exact) mass is 224 g/mol. The SMILES string of the molecule is CC(C)CC(CN)C(=O)NCc1ccn[nH]1. The van der Waals surface area contributed by atoms with Crippen LogP contribution in [0, 0.1) is 11.8 Å². The fraction of sp³-hybridized carbons (Fsp3) is 0.636. The molecule has 1 amide bonds. The van der Waals surface area contributed by atoms with Crippen molar-refractivity contribution in [2.45, 2.75) is 26.8 Å². The van der Waals surface area contributed by atoms with E-state index in [1.54, 1.807) is 6.20 Å². The molecule has 1 aromatic rings. The number of hydrogen-bond donors (Lipinski definition) is 3. The maximum atomic E-state index is 11.8. The smallest absolute Gasteiger partial charge is 0.224 e. The van der Waals surface area contributed by atoms with Crippen molar-refractivity contribution in [3.05, 3.63) is 18.0 Å². The van der Waals surface area contributed by atoms with E-state index in [-0.39, 0.29) is 11.8 Å². The molecule has 0 aliphatic rings. The second-order valence-corrected chi connectivity index (χ2v) is 4.36. The van der Waals surface area contributed by atoms with Crippen LogP contribution in [0.15, 0.2) is 12.3 Å². The third-order valence-corrected chi connectivity index (χ3v) is 2.42. The standard InChI is InChI=1S/C11H20N4O/c1-8(2)5-9(6-12)11(16)13-7-10-3-4-14-15-10/h3-4,8-9H,5-7,12H2,1-2H3,(H,13,16)(H,14,15). The molecule has 4 N–H and O–H groups in total. The zero-order valence-corrected chi connectivity index (χ0v) is 9.86. The zero-order valence-electron chi connectivity index (χ0n) is 9.86. The normalized spacial score (nSPS) is 12.8. The molecular formula is C11H20N4O. The van der Waals surface area contributed by atoms with Gasteiger partial charge < -0.3 is 11.1 Å². The van der Waals surface area contributed by atoms with Crippen LogP contribution in [-0.4, -0.2) is 22.6 Å². The lowest BCUT2D eigenvalue weighted by molar-refractivity contribution is -0.125. The van der Waals surface area contributed by atoms with Crippen molar-refractivity contribution < 1.29 is 4.79 Å². The lowest BCUT2D eigenvalue weighted by atomic mass is 9.96. The summed E-state index contributed by atoms with van der Waals surface area (Å²) in [6, 6.07) is 1.83. The Morgan fingerprint density at radius 3 is 2.88 bits per heavy atom. The zero-order chi connectivity index (χ0) is 12.0. The highest BCUT2D eigenvalue weighted by atomic mass is 16.1. The van der Waals surface area contributed by atoms with Crippen molar-refractivity contribution in [1.29, 1.82) is 0 Å². The number of nitrogens with zero attached hydrogens (tertiary/aromatic N) is 1. The van der Waals surface area contributed by atoms with Crippen LogP contribution >= 0.6 is 0 Å². The van der Waals surface area contributed by atoms with Crippen molar-refractivity contribution in [3.63, 3.8) is 0 Å². The van der Waals surface area contributed by atoms with Crippen molar-refractivity contribution in [3.8, 4) is 0 Å². The number of H-pyrrole nitrogens is 1. The van der Waals surface area contributed by atoms with Crippen LogP contribution in [0.3, 0.4) is 0 Å². The number of rotatable bonds is 6. The number of carbonyl (C=O) groups excluding carboxylic acids is 1. The van der Waals surface area contributed by atoms with Crippen molar-refractivity contribution >= 4 is 5.91 Å². The van der Waals surface area contributed by atoms with Crippen molar-refractivity contribution in [1.82, 2.24) is 15.5 Å². The molecule has 5 nitrogen and oxygen atoms in total. The minimum Gasteiger partial charge on any atom is -0.350 e. The molecule has 0 radical (unpaired) electrons. The Morgan fingerprint density at radius 1 is 1.62 bits per heavy atom. The fourth-order valence-electron chi connectivity index (χ4n) is 1.59. The first kappa shape index (κ1) is 12.7. The van der Waals surface area contributed by atoms with Gasteiger partial charge >= 0.3 is 0 Å². The molecule has 16 heavy (non-hydrogen) atoms. The summed E-state index contributed by atoms with van der Waals surface area (Å²) in [6.45, 7) is 5.05. The fourth-order valence-corrected chi connectivity index (χ4v) is 1.59. The topological polar surface area (TPSA) is 83.8 Å². The van der Waals surface area contributed by atoms with Gasteiger partial charge in [0.2, 0.25) is 5.91 Å². The molecule has 1 unspecified atom stereocenters. The second kappa shape index (κ2) is 6.27. The Bertz CT molecular complexity index is 308. The van der Waals surface area contributed by atoms with Crippen LogP contribution in [0.2, 0.25) is 0 Å². The Kier molecular flexibility index (Phi) is 4.98. The highest BCUT2D eigenvalue weighted by Gasteiger charge is 2.17. The van der Waals surface area contributed by atoms with Gasteiger partial charge in [-0.25, -0.2) is 0 Å². The molecule has 90 valence electrons. The van der Waals surface area contributed by atoms with E-state index in [0.29, 0.717) is 19.0 Å². The first-order chi connectivity index (χ1) is 7.63. The minimum atomic E-state index is -0.0945. The molecule has 5 heteroatoms. The first-order valence-corrected chi connectivity index (χ1v) is 5.59. The molecule has 1 heterocycles. The van der Waals surface area contributed by atoms with Crippen LogP contribution in [0.5, 0.6) is 0 Å². The molecule has 1 aromatic heterocycles. The summed E-state index contributed by atoms with van der Waals surface area (Å²) in [5.41, 5.74) is 6.49. The summed E-state index contributed by atoms with van der Waals surface area (Å²) < 4.78 is 0. The Morgan fingerprint density at radius 2 is 2.38 bits per heavy atom. The lowest BCUT2D eigenvalue weighted by Gasteiger charge is -2.16. The summed E-state index contributed by atoms with van der Waals surface area (Å²) in [6.07, 6.45) is 2.49. The van der Waals surface area contributed by atoms with Gasteiger partial charge in [0.05, 0.1) is 18.2 Å². The van der Waals surface area contributed by atoms with Crippen LogP contribution in [0.25, 0.3) is 0 Å². The molecule has 0 saturated carbocycles. The molecule has 0 fully saturated rings. The minimum absolute atomic E-state index is 0.0193. The maximum absolute atomic E-state index is 11.8. The number of carbonyl (C=O) groups is 1. The number of nitrogens with two attached hydrogens (primary N) is 1. The van der Waals surface area contributed by atoms with E-state index in [4.69, 9.17) is 5.73 Å². The van der Waals surface area contributed by atoms with E-state index < -0.39 is 0 Å². The Labute approximate surface area is 95.8 Å². The van der Waals surface area contributed by atoms with E-state index in [1.807, 2.05) is 6.07 Å². The summed E-state index contributed by atoms with van der Waals surface area (Å²) in [5.74, 6) is 0.403. The molecule has 1 rings (SSSR count). The van der Waals surface area contributed by atoms with Gasteiger partial charge in [-0.15, -0.1) is 0 Å². The summed E-state index contributed by atoms with van der Waals surface area (Å²) in [5, 5.41) is 9.46. The lowest BCUT2D eigenvalue weighted by Crippen LogP contribution is -2.35. The number of amides is 1. The summed E-state index contributed by atoms with van der Waals surface area (Å²) in [7, 11) is 0. The molecular weight excluding hydrogens is 204 g/mol. The molecule has 0 aliphatic carbocycles. The molecule has 0 spiro atoms. The number of aromatic nitrogens is 2. The summed E-state index contributed by atoms with van der Waals surface area (Å²) in [4.78, 5) is 11.8. The van der Waals surface area contributed by atoms with E-state index in [9.17, 15) is 4.79 Å². The predicted molar refractivity (Wildman–Crippen MR) is 62.4 cm³/mol. The Balaban J connectivity index is 2.37. The molecule has 0 bridgehead atoms. The van der Waals surface area contributed by atoms with Gasteiger partial charge in [0.15, 0.2) is 0 Å². The molecule has 0 aliphatic heterocycles. The van der Waals surface area contributed by atoms with Gasteiger partial charge in [-0.2, -0.15) is 5.10 Å². The average molecular weight is 224 g/mol. The number of hydrogen-bond acceptors (Lipinski definition) is 3. The second-order valence-electron chi connectivity index (χ2n) is 4.36. The van der Waals surface area contributed by atoms with E-state index in [1.165, 1.54) is 0 Å². The van der Waals surface area contributed by atoms with Crippen LogP contribution < -0.4 is 11.1 Å². The van der Waals surface area contributed by atoms with Gasteiger partial charge in [-0.3, -0.25) is 9.89 Å². The van der Waals surface area contributed by atoms with Crippen LogP contribution in [-0.2, 0) is 11.3 Å². The maximum Gasteiger partial charge on any atom is 0.224 e. The highest BCUT2D eigenvalue weighted by molar-refractivity contribution is 5.78. The predicted octanol–water partition coefficient (Wildman–Crippen LogP) is 0.647. The third-order valence-electron chi connectivity index (χ3n) is 2.42. The van der Waals surface area contributed by atoms with Gasteiger partial charge in [-0.05, 0) is 18.4 Å². The molecule has 1 atom stereocenters. The van der Waals surface area contributed by atoms with Gasteiger partial charge in [0.1, 0.15) is 0 Å². The third kappa shape index (κ3) is 4.02. The van der Waals surface area contributed by atoms with E-state index in [0.717, 1.165) is 12.1 Å². The largest absolute Gasteiger partial charge is 0.350 e. The van der Waals surface area contributed by atoms with Gasteiger partial charge in [-0.1, -0.05) is 13.8 Å². The van der Waals surface area contributed by atoms with E-state index >= 15 is 0 Å². The Hall–Kier alpha value is -1.36. The first-order valence-electron chi connectivity index (χ1n) is 5.59. The van der Waals surface area contributed by atoms with Crippen LogP contribution in [0.4, 0.5) is 0 Å². The van der Waals surface area contributed by atoms with E-state index in [2.05, 4.69) is 29.4 Å². The van der Waals surface area contributed by atoms with Gasteiger partial charge in [0, 0.05) is 12.7 Å². The highest BCUT2D eigenvalue weighted by Crippen LogP contribution is 2.10. The van der Waals surface area contributed by atoms with Crippen molar-refractivity contribution in [2.75, 3.05) is 6.54 Å². The number of aromatic amines is 1. The van der Waals surface area contributed by atoms with Crippen LogP contribution in [0.1, 0.15) is 26.0 Å². The number of nitrogens with one attached hydrogen (secondary N) is 2. The average Bonchev–Trinajstić information content (AvgIpc) is 2.75. The molecule has 0 saturated heterocycles. The van der Waals surface area contributed by atoms with Gasteiger partial charge in [0.25, 0.3) is 0 Å².